The van der Waals surface area contributed by atoms with Crippen molar-refractivity contribution in [2.75, 3.05) is 26.3 Å². The van der Waals surface area contributed by atoms with Crippen LogP contribution in [0, 0.1) is 13.8 Å². The highest BCUT2D eigenvalue weighted by Crippen LogP contribution is 2.29. The Morgan fingerprint density at radius 1 is 1.14 bits per heavy atom. The van der Waals surface area contributed by atoms with E-state index >= 15 is 0 Å². The minimum absolute atomic E-state index is 0.0955. The summed E-state index contributed by atoms with van der Waals surface area (Å²) in [6, 6.07) is 0.301. The van der Waals surface area contributed by atoms with Crippen LogP contribution in [-0.2, 0) is 26.6 Å². The second-order valence-electron chi connectivity index (χ2n) is 7.76. The van der Waals surface area contributed by atoms with E-state index in [1.54, 1.807) is 29.9 Å². The standard InChI is InChI=1S/C19H32N4O4S/c1-5-18(24)23(17-8-12-27-13-9-17)16-6-10-22(11-7-16)28(25,26)19-14(2)20-21(4)15(19)3/h16-17H,5-13H2,1-4H3. The SMILES string of the molecule is CCC(=O)N(C1CCOCC1)C1CCN(S(=O)(=O)c2c(C)nn(C)c2C)CC1. The molecule has 0 aliphatic carbocycles. The number of rotatable bonds is 5. The molecular weight excluding hydrogens is 380 g/mol. The van der Waals surface area contributed by atoms with Crippen molar-refractivity contribution in [1.82, 2.24) is 19.0 Å². The number of carbonyl (C=O) groups excluding carboxylic acids is 1. The molecule has 2 fully saturated rings. The molecule has 2 saturated heterocycles. The largest absolute Gasteiger partial charge is 0.381 e. The molecule has 8 nitrogen and oxygen atoms in total. The molecule has 9 heteroatoms. The van der Waals surface area contributed by atoms with Crippen LogP contribution in [0.5, 0.6) is 0 Å². The molecule has 1 aromatic rings. The first-order valence-corrected chi connectivity index (χ1v) is 11.6. The number of aryl methyl sites for hydroxylation is 2. The van der Waals surface area contributed by atoms with Crippen LogP contribution in [0.2, 0.25) is 0 Å². The highest BCUT2D eigenvalue weighted by molar-refractivity contribution is 7.89. The molecule has 3 heterocycles. The summed E-state index contributed by atoms with van der Waals surface area (Å²) in [5, 5.41) is 4.26. The highest BCUT2D eigenvalue weighted by atomic mass is 32.2. The van der Waals surface area contributed by atoms with Gasteiger partial charge in [0.2, 0.25) is 15.9 Å². The Hall–Kier alpha value is -1.45. The van der Waals surface area contributed by atoms with E-state index in [0.29, 0.717) is 61.8 Å². The Morgan fingerprint density at radius 2 is 1.71 bits per heavy atom. The van der Waals surface area contributed by atoms with Crippen molar-refractivity contribution in [2.45, 2.75) is 69.9 Å². The van der Waals surface area contributed by atoms with Gasteiger partial charge in [0.15, 0.2) is 0 Å². The quantitative estimate of drug-likeness (QED) is 0.734. The van der Waals surface area contributed by atoms with Crippen molar-refractivity contribution >= 4 is 15.9 Å². The van der Waals surface area contributed by atoms with E-state index < -0.39 is 10.0 Å². The van der Waals surface area contributed by atoms with Crippen molar-refractivity contribution in [2.24, 2.45) is 7.05 Å². The van der Waals surface area contributed by atoms with E-state index in [2.05, 4.69) is 5.10 Å². The first-order valence-electron chi connectivity index (χ1n) is 10.2. The Kier molecular flexibility index (Phi) is 6.46. The van der Waals surface area contributed by atoms with Crippen molar-refractivity contribution in [3.05, 3.63) is 11.4 Å². The lowest BCUT2D eigenvalue weighted by atomic mass is 9.98. The molecule has 2 aliphatic heterocycles. The van der Waals surface area contributed by atoms with Crippen LogP contribution in [0.25, 0.3) is 0 Å². The number of carbonyl (C=O) groups is 1. The van der Waals surface area contributed by atoms with Crippen molar-refractivity contribution < 1.29 is 17.9 Å². The lowest BCUT2D eigenvalue weighted by Crippen LogP contribution is -2.53. The maximum Gasteiger partial charge on any atom is 0.246 e. The minimum Gasteiger partial charge on any atom is -0.381 e. The van der Waals surface area contributed by atoms with Gasteiger partial charge in [0, 0.05) is 51.9 Å². The maximum atomic E-state index is 13.2. The minimum atomic E-state index is -3.58. The van der Waals surface area contributed by atoms with Crippen molar-refractivity contribution in [3.8, 4) is 0 Å². The molecule has 28 heavy (non-hydrogen) atoms. The predicted octanol–water partition coefficient (Wildman–Crippen LogP) is 1.61. The molecule has 1 aromatic heterocycles. The van der Waals surface area contributed by atoms with Gasteiger partial charge in [-0.3, -0.25) is 9.48 Å². The third-order valence-corrected chi connectivity index (χ3v) is 8.18. The second-order valence-corrected chi connectivity index (χ2v) is 9.63. The number of ether oxygens (including phenoxy) is 1. The molecule has 3 rings (SSSR count). The normalized spacial score (nSPS) is 20.4. The summed E-state index contributed by atoms with van der Waals surface area (Å²) in [4.78, 5) is 15.0. The van der Waals surface area contributed by atoms with Gasteiger partial charge in [-0.05, 0) is 39.5 Å². The van der Waals surface area contributed by atoms with E-state index in [-0.39, 0.29) is 18.0 Å². The van der Waals surface area contributed by atoms with Gasteiger partial charge in [0.25, 0.3) is 0 Å². The smallest absolute Gasteiger partial charge is 0.246 e. The molecule has 0 radical (unpaired) electrons. The Bertz CT molecular complexity index is 806. The highest BCUT2D eigenvalue weighted by Gasteiger charge is 2.37. The number of hydrogen-bond acceptors (Lipinski definition) is 5. The van der Waals surface area contributed by atoms with Crippen LogP contribution >= 0.6 is 0 Å². The zero-order valence-electron chi connectivity index (χ0n) is 17.3. The summed E-state index contributed by atoms with van der Waals surface area (Å²) in [6.07, 6.45) is 3.53. The molecule has 1 amide bonds. The summed E-state index contributed by atoms with van der Waals surface area (Å²) >= 11 is 0. The van der Waals surface area contributed by atoms with Crippen LogP contribution in [0.15, 0.2) is 4.90 Å². The number of hydrogen-bond donors (Lipinski definition) is 0. The Balaban J connectivity index is 1.74. The summed E-state index contributed by atoms with van der Waals surface area (Å²) in [5.41, 5.74) is 1.19. The fourth-order valence-corrected chi connectivity index (χ4v) is 6.34. The predicted molar refractivity (Wildman–Crippen MR) is 105 cm³/mol. The summed E-state index contributed by atoms with van der Waals surface area (Å²) < 4.78 is 35.0. The van der Waals surface area contributed by atoms with Crippen molar-refractivity contribution in [1.29, 1.82) is 0 Å². The molecule has 0 atom stereocenters. The average molecular weight is 413 g/mol. The Labute approximate surface area is 167 Å². The van der Waals surface area contributed by atoms with Crippen molar-refractivity contribution in [3.63, 3.8) is 0 Å². The van der Waals surface area contributed by atoms with E-state index in [0.717, 1.165) is 12.8 Å². The van der Waals surface area contributed by atoms with Gasteiger partial charge < -0.3 is 9.64 Å². The van der Waals surface area contributed by atoms with Gasteiger partial charge in [-0.2, -0.15) is 9.40 Å². The number of piperidine rings is 1. The zero-order chi connectivity index (χ0) is 20.5. The molecule has 0 saturated carbocycles. The van der Waals surface area contributed by atoms with Gasteiger partial charge in [0.1, 0.15) is 4.90 Å². The fourth-order valence-electron chi connectivity index (χ4n) is 4.47. The number of sulfonamides is 1. The third kappa shape index (κ3) is 3.97. The molecule has 0 spiro atoms. The Morgan fingerprint density at radius 3 is 2.21 bits per heavy atom. The van der Waals surface area contributed by atoms with Gasteiger partial charge >= 0.3 is 0 Å². The molecular formula is C19H32N4O4S. The number of amides is 1. The molecule has 0 N–H and O–H groups in total. The maximum absolute atomic E-state index is 13.2. The molecule has 0 unspecified atom stereocenters. The van der Waals surface area contributed by atoms with E-state index in [1.165, 1.54) is 0 Å². The van der Waals surface area contributed by atoms with Crippen LogP contribution in [0.4, 0.5) is 0 Å². The van der Waals surface area contributed by atoms with Gasteiger partial charge in [-0.1, -0.05) is 6.92 Å². The molecule has 158 valence electrons. The lowest BCUT2D eigenvalue weighted by Gasteiger charge is -2.43. The summed E-state index contributed by atoms with van der Waals surface area (Å²) in [6.45, 7) is 7.64. The molecule has 0 bridgehead atoms. The van der Waals surface area contributed by atoms with Crippen LogP contribution in [0.3, 0.4) is 0 Å². The monoisotopic (exact) mass is 412 g/mol. The lowest BCUT2D eigenvalue weighted by molar-refractivity contribution is -0.139. The van der Waals surface area contributed by atoms with Gasteiger partial charge in [0.05, 0.1) is 11.4 Å². The molecule has 0 aromatic carbocycles. The number of nitrogens with zero attached hydrogens (tertiary/aromatic N) is 4. The van der Waals surface area contributed by atoms with E-state index in [9.17, 15) is 13.2 Å². The zero-order valence-corrected chi connectivity index (χ0v) is 18.2. The fraction of sp³-hybridized carbons (Fsp3) is 0.789. The first kappa shape index (κ1) is 21.3. The third-order valence-electron chi connectivity index (χ3n) is 6.03. The summed E-state index contributed by atoms with van der Waals surface area (Å²) in [7, 11) is -1.82. The average Bonchev–Trinajstić information content (AvgIpc) is 2.95. The van der Waals surface area contributed by atoms with Crippen LogP contribution < -0.4 is 0 Å². The summed E-state index contributed by atoms with van der Waals surface area (Å²) in [5.74, 6) is 0.159. The van der Waals surface area contributed by atoms with Crippen LogP contribution in [-0.4, -0.2) is 71.7 Å². The van der Waals surface area contributed by atoms with Gasteiger partial charge in [-0.25, -0.2) is 8.42 Å². The topological polar surface area (TPSA) is 84.7 Å². The second kappa shape index (κ2) is 8.51. The first-order chi connectivity index (χ1) is 13.3. The molecule has 2 aliphatic rings. The van der Waals surface area contributed by atoms with Gasteiger partial charge in [-0.15, -0.1) is 0 Å². The van der Waals surface area contributed by atoms with E-state index in [4.69, 9.17) is 4.74 Å². The van der Waals surface area contributed by atoms with Crippen LogP contribution in [0.1, 0.15) is 50.4 Å². The number of aromatic nitrogens is 2. The van der Waals surface area contributed by atoms with E-state index in [1.807, 2.05) is 11.8 Å².